The third-order valence-corrected chi connectivity index (χ3v) is 4.34. The zero-order valence-electron chi connectivity index (χ0n) is 15.3. The fourth-order valence-corrected chi connectivity index (χ4v) is 2.84. The molecule has 0 spiro atoms. The topological polar surface area (TPSA) is 122 Å². The molecule has 146 valence electrons. The van der Waals surface area contributed by atoms with Crippen LogP contribution < -0.4 is 11.2 Å². The maximum absolute atomic E-state index is 12.0. The fourth-order valence-electron chi connectivity index (χ4n) is 2.84. The van der Waals surface area contributed by atoms with Gasteiger partial charge in [0, 0.05) is 25.4 Å². The molecular weight excluding hydrogens is 342 g/mol. The zero-order chi connectivity index (χ0) is 19.7. The van der Waals surface area contributed by atoms with E-state index in [9.17, 15) is 9.59 Å². The number of unbranched alkanes of at least 4 members (excludes halogenated alkanes) is 1. The third-order valence-electron chi connectivity index (χ3n) is 4.34. The van der Waals surface area contributed by atoms with Crippen molar-refractivity contribution in [2.45, 2.75) is 45.6 Å². The van der Waals surface area contributed by atoms with E-state index in [0.29, 0.717) is 6.54 Å². The maximum Gasteiger partial charge on any atom is 0.414 e. The number of carboxylic acids is 2. The number of aromatic nitrogens is 2. The number of nitrogens with zero attached hydrogens (tertiary/aromatic N) is 3. The van der Waals surface area contributed by atoms with Gasteiger partial charge < -0.3 is 15.1 Å². The number of aryl methyl sites for hydroxylation is 1. The van der Waals surface area contributed by atoms with E-state index in [0.717, 1.165) is 25.1 Å². The molecule has 0 aliphatic carbocycles. The number of hydrogen-bond donors (Lipinski definition) is 2. The van der Waals surface area contributed by atoms with Gasteiger partial charge in [-0.05, 0) is 52.2 Å². The summed E-state index contributed by atoms with van der Waals surface area (Å²) in [4.78, 5) is 44.2. The van der Waals surface area contributed by atoms with Gasteiger partial charge >= 0.3 is 17.6 Å². The quantitative estimate of drug-likeness (QED) is 0.564. The Labute approximate surface area is 151 Å². The Balaban J connectivity index is 0.000000487. The lowest BCUT2D eigenvalue weighted by molar-refractivity contribution is -0.159. The molecule has 2 N–H and O–H groups in total. The monoisotopic (exact) mass is 369 g/mol. The lowest BCUT2D eigenvalue weighted by Crippen LogP contribution is -2.38. The normalized spacial score (nSPS) is 14.4. The van der Waals surface area contributed by atoms with Gasteiger partial charge in [-0.3, -0.25) is 13.9 Å². The molecule has 0 saturated carbocycles. The molecule has 1 aliphatic rings. The van der Waals surface area contributed by atoms with Crippen molar-refractivity contribution in [2.24, 2.45) is 7.05 Å². The molecule has 1 aromatic heterocycles. The molecule has 1 saturated heterocycles. The van der Waals surface area contributed by atoms with Crippen LogP contribution in [0.3, 0.4) is 0 Å². The highest BCUT2D eigenvalue weighted by Crippen LogP contribution is 2.09. The van der Waals surface area contributed by atoms with Crippen molar-refractivity contribution in [1.29, 1.82) is 0 Å². The summed E-state index contributed by atoms with van der Waals surface area (Å²) in [7, 11) is 1.54. The van der Waals surface area contributed by atoms with Gasteiger partial charge in [-0.15, -0.1) is 0 Å². The number of carboxylic acid groups (broad SMARTS) is 2. The molecule has 0 bridgehead atoms. The van der Waals surface area contributed by atoms with Crippen molar-refractivity contribution in [2.75, 3.05) is 19.6 Å². The van der Waals surface area contributed by atoms with Crippen molar-refractivity contribution < 1.29 is 19.8 Å². The lowest BCUT2D eigenvalue weighted by Gasteiger charge is -2.26. The van der Waals surface area contributed by atoms with Gasteiger partial charge in [-0.2, -0.15) is 0 Å². The van der Waals surface area contributed by atoms with Gasteiger partial charge in [0.2, 0.25) is 0 Å². The molecule has 0 atom stereocenters. The predicted octanol–water partition coefficient (Wildman–Crippen LogP) is 0.277. The van der Waals surface area contributed by atoms with Crippen molar-refractivity contribution in [3.05, 3.63) is 32.6 Å². The SMILES string of the molecule is Cc1cc(=O)n(C)c(=O)n1CCCCN1CCCCC1.O=C(O)C(=O)O. The summed E-state index contributed by atoms with van der Waals surface area (Å²) < 4.78 is 2.88. The largest absolute Gasteiger partial charge is 0.473 e. The summed E-state index contributed by atoms with van der Waals surface area (Å²) in [5, 5.41) is 14.8. The molecule has 2 rings (SSSR count). The minimum atomic E-state index is -1.82. The van der Waals surface area contributed by atoms with Crippen LogP contribution in [-0.2, 0) is 23.2 Å². The molecule has 1 fully saturated rings. The lowest BCUT2D eigenvalue weighted by atomic mass is 10.1. The van der Waals surface area contributed by atoms with E-state index in [-0.39, 0.29) is 11.2 Å². The second-order valence-electron chi connectivity index (χ2n) is 6.34. The highest BCUT2D eigenvalue weighted by molar-refractivity contribution is 6.27. The molecule has 0 radical (unpaired) electrons. The second kappa shape index (κ2) is 10.5. The standard InChI is InChI=1S/C15H25N3O2.C2H2O4/c1-13-12-14(19)16(2)15(20)18(13)11-7-6-10-17-8-4-3-5-9-17;3-1(4)2(5)6/h12H,3-11H2,1-2H3;(H,3,4)(H,5,6). The summed E-state index contributed by atoms with van der Waals surface area (Å²) >= 11 is 0. The Morgan fingerprint density at radius 1 is 1.00 bits per heavy atom. The van der Waals surface area contributed by atoms with E-state index in [1.165, 1.54) is 50.0 Å². The van der Waals surface area contributed by atoms with Crippen molar-refractivity contribution >= 4 is 11.9 Å². The minimum Gasteiger partial charge on any atom is -0.473 e. The van der Waals surface area contributed by atoms with Crippen molar-refractivity contribution in [1.82, 2.24) is 14.0 Å². The van der Waals surface area contributed by atoms with Crippen molar-refractivity contribution in [3.63, 3.8) is 0 Å². The number of rotatable bonds is 5. The Bertz CT molecular complexity index is 719. The van der Waals surface area contributed by atoms with Gasteiger partial charge in [-0.1, -0.05) is 6.42 Å². The Morgan fingerprint density at radius 3 is 2.08 bits per heavy atom. The van der Waals surface area contributed by atoms with Gasteiger partial charge in [0.25, 0.3) is 5.56 Å². The second-order valence-corrected chi connectivity index (χ2v) is 6.34. The van der Waals surface area contributed by atoms with E-state index < -0.39 is 11.9 Å². The van der Waals surface area contributed by atoms with Crippen LogP contribution in [0.1, 0.15) is 37.8 Å². The first kappa shape index (κ1) is 21.6. The van der Waals surface area contributed by atoms with E-state index in [1.54, 1.807) is 4.57 Å². The van der Waals surface area contributed by atoms with Crippen LogP contribution in [0, 0.1) is 6.92 Å². The first-order valence-electron chi connectivity index (χ1n) is 8.70. The average Bonchev–Trinajstić information content (AvgIpc) is 2.60. The van der Waals surface area contributed by atoms with E-state index >= 15 is 0 Å². The molecule has 1 aliphatic heterocycles. The number of aliphatic carboxylic acids is 2. The van der Waals surface area contributed by atoms with Crippen LogP contribution in [0.25, 0.3) is 0 Å². The summed E-state index contributed by atoms with van der Waals surface area (Å²) in [6.45, 7) is 6.09. The predicted molar refractivity (Wildman–Crippen MR) is 95.5 cm³/mol. The van der Waals surface area contributed by atoms with Crippen LogP contribution in [-0.4, -0.2) is 55.8 Å². The van der Waals surface area contributed by atoms with Crippen LogP contribution in [0.5, 0.6) is 0 Å². The van der Waals surface area contributed by atoms with Crippen LogP contribution in [0.2, 0.25) is 0 Å². The van der Waals surface area contributed by atoms with Crippen LogP contribution >= 0.6 is 0 Å². The average molecular weight is 369 g/mol. The molecule has 26 heavy (non-hydrogen) atoms. The van der Waals surface area contributed by atoms with Gasteiger partial charge in [0.15, 0.2) is 0 Å². The molecular formula is C17H27N3O6. The maximum atomic E-state index is 12.0. The summed E-state index contributed by atoms with van der Waals surface area (Å²) in [5.74, 6) is -3.65. The minimum absolute atomic E-state index is 0.201. The molecule has 1 aromatic rings. The highest BCUT2D eigenvalue weighted by atomic mass is 16.4. The van der Waals surface area contributed by atoms with Gasteiger partial charge in [0.05, 0.1) is 0 Å². The van der Waals surface area contributed by atoms with Gasteiger partial charge in [0.1, 0.15) is 0 Å². The summed E-state index contributed by atoms with van der Waals surface area (Å²) in [5.41, 5.74) is 0.334. The van der Waals surface area contributed by atoms with E-state index in [1.807, 2.05) is 6.92 Å². The highest BCUT2D eigenvalue weighted by Gasteiger charge is 2.10. The molecule has 9 heteroatoms. The van der Waals surface area contributed by atoms with E-state index in [2.05, 4.69) is 4.90 Å². The Morgan fingerprint density at radius 2 is 1.54 bits per heavy atom. The van der Waals surface area contributed by atoms with Gasteiger partial charge in [-0.25, -0.2) is 14.4 Å². The molecule has 9 nitrogen and oxygen atoms in total. The molecule has 0 aromatic carbocycles. The molecule has 2 heterocycles. The Kier molecular flexibility index (Phi) is 8.77. The summed E-state index contributed by atoms with van der Waals surface area (Å²) in [6, 6.07) is 1.53. The van der Waals surface area contributed by atoms with Crippen LogP contribution in [0.15, 0.2) is 15.7 Å². The molecule has 0 amide bonds. The van der Waals surface area contributed by atoms with E-state index in [4.69, 9.17) is 19.8 Å². The number of carbonyl (C=O) groups is 2. The number of likely N-dealkylation sites (tertiary alicyclic amines) is 1. The summed E-state index contributed by atoms with van der Waals surface area (Å²) in [6.07, 6.45) is 6.09. The first-order chi connectivity index (χ1) is 12.2. The van der Waals surface area contributed by atoms with Crippen LogP contribution in [0.4, 0.5) is 0 Å². The fraction of sp³-hybridized carbons (Fsp3) is 0.647. The third kappa shape index (κ3) is 6.83. The number of hydrogen-bond acceptors (Lipinski definition) is 5. The molecule has 0 unspecified atom stereocenters. The van der Waals surface area contributed by atoms with Crippen molar-refractivity contribution in [3.8, 4) is 0 Å². The first-order valence-corrected chi connectivity index (χ1v) is 8.70. The smallest absolute Gasteiger partial charge is 0.414 e. The Hall–Kier alpha value is -2.42. The zero-order valence-corrected chi connectivity index (χ0v) is 15.3. The number of piperidine rings is 1.